The molecule has 6 heteroatoms. The summed E-state index contributed by atoms with van der Waals surface area (Å²) in [6, 6.07) is 4.36. The minimum Gasteiger partial charge on any atom is -0.504 e. The van der Waals surface area contributed by atoms with E-state index in [0.717, 1.165) is 0 Å². The van der Waals surface area contributed by atoms with Crippen molar-refractivity contribution in [3.05, 3.63) is 35.4 Å². The van der Waals surface area contributed by atoms with Crippen molar-refractivity contribution in [3.8, 4) is 11.5 Å². The van der Waals surface area contributed by atoms with Crippen LogP contribution in [0.25, 0.3) is 0 Å². The van der Waals surface area contributed by atoms with Crippen LogP contribution in [0.5, 0.6) is 11.5 Å². The maximum Gasteiger partial charge on any atom is 0.306 e. The second-order valence-corrected chi connectivity index (χ2v) is 5.00. The first-order valence-corrected chi connectivity index (χ1v) is 7.23. The van der Waals surface area contributed by atoms with E-state index in [9.17, 15) is 24.6 Å². The number of carbonyl (C=O) groups is 3. The molecule has 0 aliphatic rings. The van der Waals surface area contributed by atoms with Gasteiger partial charge in [-0.1, -0.05) is 12.1 Å². The van der Waals surface area contributed by atoms with Gasteiger partial charge in [-0.3, -0.25) is 9.59 Å². The van der Waals surface area contributed by atoms with E-state index in [1.807, 2.05) is 0 Å². The maximum atomic E-state index is 11.8. The minimum atomic E-state index is -0.499. The van der Waals surface area contributed by atoms with Crippen molar-refractivity contribution in [2.75, 3.05) is 6.61 Å². The first kappa shape index (κ1) is 18.4. The van der Waals surface area contributed by atoms with E-state index in [2.05, 4.69) is 0 Å². The summed E-state index contributed by atoms with van der Waals surface area (Å²) >= 11 is 0. The normalized spacial score (nSPS) is 12.5. The highest BCUT2D eigenvalue weighted by Gasteiger charge is 2.18. The molecule has 0 bridgehead atoms. The number of ether oxygens (including phenoxy) is 1. The summed E-state index contributed by atoms with van der Waals surface area (Å²) in [6.45, 7) is 1.77. The lowest BCUT2D eigenvalue weighted by atomic mass is 9.93. The molecule has 0 saturated heterocycles. The van der Waals surface area contributed by atoms with Crippen LogP contribution >= 0.6 is 0 Å². The van der Waals surface area contributed by atoms with Gasteiger partial charge in [-0.25, -0.2) is 0 Å². The summed E-state index contributed by atoms with van der Waals surface area (Å²) in [7, 11) is 0. The Labute approximate surface area is 134 Å². The van der Waals surface area contributed by atoms with Crippen molar-refractivity contribution in [1.82, 2.24) is 0 Å². The van der Waals surface area contributed by atoms with Gasteiger partial charge in [0.1, 0.15) is 12.6 Å². The molecule has 0 saturated carbocycles. The summed E-state index contributed by atoms with van der Waals surface area (Å²) in [5.41, 5.74) is 1.11. The smallest absolute Gasteiger partial charge is 0.306 e. The summed E-state index contributed by atoms with van der Waals surface area (Å²) < 4.78 is 5.09. The Morgan fingerprint density at radius 2 is 2.00 bits per heavy atom. The van der Waals surface area contributed by atoms with Crippen LogP contribution in [-0.4, -0.2) is 35.4 Å². The van der Waals surface area contributed by atoms with Crippen molar-refractivity contribution in [3.63, 3.8) is 0 Å². The topological polar surface area (TPSA) is 101 Å². The number of hydrogen-bond donors (Lipinski definition) is 2. The standard InChI is InChI=1S/C17H20O6/c1-2-13(11-19)14(5-7-18)10-17(22)23-8-6-12-3-4-15(20)16(21)9-12/h2-4,7,9,11,14,20-21H,5-6,8,10H2,1H3/b13-2-. The minimum absolute atomic E-state index is 0.0437. The molecule has 1 rings (SSSR count). The van der Waals surface area contributed by atoms with Gasteiger partial charge in [0, 0.05) is 18.8 Å². The molecule has 23 heavy (non-hydrogen) atoms. The van der Waals surface area contributed by atoms with E-state index in [1.165, 1.54) is 12.1 Å². The zero-order chi connectivity index (χ0) is 17.2. The number of rotatable bonds is 9. The number of aldehydes is 2. The van der Waals surface area contributed by atoms with Crippen LogP contribution in [0, 0.1) is 5.92 Å². The van der Waals surface area contributed by atoms with E-state index in [1.54, 1.807) is 19.1 Å². The Balaban J connectivity index is 2.50. The largest absolute Gasteiger partial charge is 0.504 e. The Morgan fingerprint density at radius 3 is 2.57 bits per heavy atom. The Hall–Kier alpha value is -2.63. The number of allylic oxidation sites excluding steroid dienone is 2. The van der Waals surface area contributed by atoms with Gasteiger partial charge in [0.25, 0.3) is 0 Å². The molecular formula is C17H20O6. The fourth-order valence-corrected chi connectivity index (χ4v) is 2.12. The predicted octanol–water partition coefficient (Wildman–Crippen LogP) is 1.92. The second-order valence-electron chi connectivity index (χ2n) is 5.00. The third-order valence-corrected chi connectivity index (χ3v) is 3.43. The number of carbonyl (C=O) groups excluding carboxylic acids is 3. The number of phenolic OH excluding ortho intramolecular Hbond substituents is 2. The second kappa shape index (κ2) is 9.40. The number of benzene rings is 1. The van der Waals surface area contributed by atoms with Crippen LogP contribution in [-0.2, 0) is 25.5 Å². The highest BCUT2D eigenvalue weighted by Crippen LogP contribution is 2.25. The molecule has 1 aromatic rings. The molecule has 1 aromatic carbocycles. The number of hydrogen-bond acceptors (Lipinski definition) is 6. The van der Waals surface area contributed by atoms with Crippen LogP contribution in [0.2, 0.25) is 0 Å². The lowest BCUT2D eigenvalue weighted by Crippen LogP contribution is -2.16. The summed E-state index contributed by atoms with van der Waals surface area (Å²) in [6.07, 6.45) is 3.30. The summed E-state index contributed by atoms with van der Waals surface area (Å²) in [5.74, 6) is -1.42. The molecule has 0 heterocycles. The van der Waals surface area contributed by atoms with Crippen molar-refractivity contribution in [2.24, 2.45) is 5.92 Å². The zero-order valence-corrected chi connectivity index (χ0v) is 12.9. The lowest BCUT2D eigenvalue weighted by Gasteiger charge is -2.13. The van der Waals surface area contributed by atoms with Crippen molar-refractivity contribution in [1.29, 1.82) is 0 Å². The van der Waals surface area contributed by atoms with Gasteiger partial charge in [0.15, 0.2) is 11.5 Å². The highest BCUT2D eigenvalue weighted by atomic mass is 16.5. The average Bonchev–Trinajstić information content (AvgIpc) is 2.52. The molecule has 0 radical (unpaired) electrons. The van der Waals surface area contributed by atoms with E-state index >= 15 is 0 Å². The van der Waals surface area contributed by atoms with Crippen molar-refractivity contribution in [2.45, 2.75) is 26.2 Å². The van der Waals surface area contributed by atoms with Gasteiger partial charge in [0.2, 0.25) is 0 Å². The van der Waals surface area contributed by atoms with Crippen molar-refractivity contribution < 1.29 is 29.3 Å². The molecule has 1 unspecified atom stereocenters. The number of esters is 1. The third-order valence-electron chi connectivity index (χ3n) is 3.43. The fraction of sp³-hybridized carbons (Fsp3) is 0.353. The molecule has 0 aliphatic heterocycles. The van der Waals surface area contributed by atoms with Gasteiger partial charge in [-0.2, -0.15) is 0 Å². The molecule has 0 fully saturated rings. The Kier molecular flexibility index (Phi) is 7.53. The summed E-state index contributed by atoms with van der Waals surface area (Å²) in [4.78, 5) is 33.4. The van der Waals surface area contributed by atoms with Gasteiger partial charge >= 0.3 is 5.97 Å². The predicted molar refractivity (Wildman–Crippen MR) is 83.0 cm³/mol. The molecule has 1 atom stereocenters. The molecule has 0 spiro atoms. The van der Waals surface area contributed by atoms with E-state index in [-0.39, 0.29) is 30.9 Å². The molecular weight excluding hydrogens is 300 g/mol. The van der Waals surface area contributed by atoms with Gasteiger partial charge < -0.3 is 19.7 Å². The monoisotopic (exact) mass is 320 g/mol. The van der Waals surface area contributed by atoms with E-state index in [0.29, 0.717) is 30.1 Å². The SMILES string of the molecule is C/C=C(/C=O)C(CC=O)CC(=O)OCCc1ccc(O)c(O)c1. The van der Waals surface area contributed by atoms with Gasteiger partial charge in [-0.15, -0.1) is 0 Å². The molecule has 0 aromatic heterocycles. The first-order valence-electron chi connectivity index (χ1n) is 7.23. The maximum absolute atomic E-state index is 11.8. The van der Waals surface area contributed by atoms with E-state index < -0.39 is 11.9 Å². The number of aromatic hydroxyl groups is 2. The quantitative estimate of drug-likeness (QED) is 0.312. The van der Waals surface area contributed by atoms with Crippen LogP contribution in [0.1, 0.15) is 25.3 Å². The van der Waals surface area contributed by atoms with Gasteiger partial charge in [0.05, 0.1) is 13.0 Å². The van der Waals surface area contributed by atoms with E-state index in [4.69, 9.17) is 4.74 Å². The van der Waals surface area contributed by atoms with Gasteiger partial charge in [-0.05, 0) is 30.2 Å². The lowest BCUT2D eigenvalue weighted by molar-refractivity contribution is -0.144. The number of phenols is 2. The molecule has 6 nitrogen and oxygen atoms in total. The molecule has 0 amide bonds. The third kappa shape index (κ3) is 5.94. The first-order chi connectivity index (χ1) is 11.0. The van der Waals surface area contributed by atoms with Crippen LogP contribution < -0.4 is 0 Å². The Morgan fingerprint density at radius 1 is 1.26 bits per heavy atom. The van der Waals surface area contributed by atoms with Crippen molar-refractivity contribution >= 4 is 18.5 Å². The molecule has 0 aliphatic carbocycles. The highest BCUT2D eigenvalue weighted by molar-refractivity contribution is 5.78. The van der Waals surface area contributed by atoms with Crippen LogP contribution in [0.3, 0.4) is 0 Å². The summed E-state index contributed by atoms with van der Waals surface area (Å²) in [5, 5.41) is 18.6. The molecule has 2 N–H and O–H groups in total. The van der Waals surface area contributed by atoms with Crippen LogP contribution in [0.15, 0.2) is 29.8 Å². The molecule has 124 valence electrons. The zero-order valence-electron chi connectivity index (χ0n) is 12.9. The van der Waals surface area contributed by atoms with Crippen LogP contribution in [0.4, 0.5) is 0 Å². The Bertz CT molecular complexity index is 591. The fourth-order valence-electron chi connectivity index (χ4n) is 2.12. The average molecular weight is 320 g/mol.